The zero-order chi connectivity index (χ0) is 13.1. The van der Waals surface area contributed by atoms with Crippen LogP contribution < -0.4 is 0 Å². The van der Waals surface area contributed by atoms with Crippen LogP contribution in [0.1, 0.15) is 17.2 Å². The number of aliphatic hydroxyl groups is 1. The Labute approximate surface area is 132 Å². The van der Waals surface area contributed by atoms with Gasteiger partial charge < -0.3 is 5.11 Å². The van der Waals surface area contributed by atoms with Gasteiger partial charge in [0, 0.05) is 19.8 Å². The fourth-order valence-corrected chi connectivity index (χ4v) is 2.88. The zero-order valence-electron chi connectivity index (χ0n) is 9.41. The largest absolute Gasteiger partial charge is 0.388 e. The summed E-state index contributed by atoms with van der Waals surface area (Å²) in [4.78, 5) is 0. The average Bonchev–Trinajstić information content (AvgIpc) is 2.35. The molecule has 0 saturated heterocycles. The Morgan fingerprint density at radius 3 is 2.17 bits per heavy atom. The van der Waals surface area contributed by atoms with Crippen LogP contribution in [0, 0.1) is 0 Å². The SMILES string of the molecule is OC(Cc1ccc(Br)cc1)c1cc(Br)ccc1Br. The first-order valence-electron chi connectivity index (χ1n) is 5.44. The number of hydrogen-bond donors (Lipinski definition) is 1. The van der Waals surface area contributed by atoms with Gasteiger partial charge in [0.25, 0.3) is 0 Å². The first-order chi connectivity index (χ1) is 8.56. The predicted molar refractivity (Wildman–Crippen MR) is 84.6 cm³/mol. The van der Waals surface area contributed by atoms with E-state index in [1.165, 1.54) is 0 Å². The van der Waals surface area contributed by atoms with E-state index >= 15 is 0 Å². The molecule has 0 bridgehead atoms. The van der Waals surface area contributed by atoms with Crippen molar-refractivity contribution < 1.29 is 5.11 Å². The van der Waals surface area contributed by atoms with Crippen molar-refractivity contribution in [2.75, 3.05) is 0 Å². The van der Waals surface area contributed by atoms with Crippen LogP contribution in [-0.2, 0) is 6.42 Å². The maximum atomic E-state index is 10.3. The monoisotopic (exact) mass is 432 g/mol. The Balaban J connectivity index is 2.18. The maximum Gasteiger partial charge on any atom is 0.0841 e. The molecule has 2 aromatic rings. The van der Waals surface area contributed by atoms with Crippen molar-refractivity contribution in [3.05, 3.63) is 67.0 Å². The molecule has 4 heteroatoms. The highest BCUT2D eigenvalue weighted by Crippen LogP contribution is 2.29. The minimum atomic E-state index is -0.516. The Morgan fingerprint density at radius 1 is 0.889 bits per heavy atom. The van der Waals surface area contributed by atoms with E-state index in [4.69, 9.17) is 0 Å². The van der Waals surface area contributed by atoms with Gasteiger partial charge in [0.2, 0.25) is 0 Å². The van der Waals surface area contributed by atoms with E-state index in [1.807, 2.05) is 42.5 Å². The van der Waals surface area contributed by atoms with E-state index < -0.39 is 6.10 Å². The first-order valence-corrected chi connectivity index (χ1v) is 7.81. The molecule has 2 rings (SSSR count). The summed E-state index contributed by atoms with van der Waals surface area (Å²) in [5, 5.41) is 10.3. The summed E-state index contributed by atoms with van der Waals surface area (Å²) in [6.45, 7) is 0. The minimum Gasteiger partial charge on any atom is -0.388 e. The van der Waals surface area contributed by atoms with Gasteiger partial charge in [-0.05, 0) is 41.5 Å². The second-order valence-electron chi connectivity index (χ2n) is 4.01. The normalized spacial score (nSPS) is 12.4. The lowest BCUT2D eigenvalue weighted by atomic mass is 10.0. The van der Waals surface area contributed by atoms with Crippen molar-refractivity contribution in [3.8, 4) is 0 Å². The van der Waals surface area contributed by atoms with E-state index in [2.05, 4.69) is 47.8 Å². The standard InChI is InChI=1S/C14H11Br3O/c15-10-3-1-9(2-4-10)7-14(18)12-8-11(16)5-6-13(12)17/h1-6,8,14,18H,7H2. The lowest BCUT2D eigenvalue weighted by molar-refractivity contribution is 0.177. The molecule has 0 saturated carbocycles. The molecule has 0 amide bonds. The highest BCUT2D eigenvalue weighted by Gasteiger charge is 2.12. The second kappa shape index (κ2) is 6.33. The summed E-state index contributed by atoms with van der Waals surface area (Å²) in [6.07, 6.45) is 0.0838. The van der Waals surface area contributed by atoms with Gasteiger partial charge in [-0.15, -0.1) is 0 Å². The molecule has 0 fully saturated rings. The van der Waals surface area contributed by atoms with Crippen molar-refractivity contribution in [1.29, 1.82) is 0 Å². The molecule has 1 nitrogen and oxygen atoms in total. The van der Waals surface area contributed by atoms with Crippen molar-refractivity contribution in [3.63, 3.8) is 0 Å². The van der Waals surface area contributed by atoms with Crippen molar-refractivity contribution in [1.82, 2.24) is 0 Å². The average molecular weight is 435 g/mol. The molecule has 18 heavy (non-hydrogen) atoms. The predicted octanol–water partition coefficient (Wildman–Crippen LogP) is 5.25. The Bertz CT molecular complexity index is 537. The molecule has 0 aliphatic heterocycles. The Hall–Kier alpha value is -0.160. The van der Waals surface area contributed by atoms with Crippen LogP contribution in [0.25, 0.3) is 0 Å². The highest BCUT2D eigenvalue weighted by molar-refractivity contribution is 9.11. The molecule has 0 aliphatic carbocycles. The van der Waals surface area contributed by atoms with E-state index in [-0.39, 0.29) is 0 Å². The van der Waals surface area contributed by atoms with Crippen LogP contribution in [0.5, 0.6) is 0 Å². The lowest BCUT2D eigenvalue weighted by Crippen LogP contribution is -2.02. The molecular formula is C14H11Br3O. The highest BCUT2D eigenvalue weighted by atomic mass is 79.9. The molecule has 0 aliphatic rings. The zero-order valence-corrected chi connectivity index (χ0v) is 14.2. The van der Waals surface area contributed by atoms with Crippen LogP contribution in [0.4, 0.5) is 0 Å². The maximum absolute atomic E-state index is 10.3. The molecule has 2 aromatic carbocycles. The Morgan fingerprint density at radius 2 is 1.50 bits per heavy atom. The third kappa shape index (κ3) is 3.67. The molecule has 0 spiro atoms. The van der Waals surface area contributed by atoms with Gasteiger partial charge in [-0.25, -0.2) is 0 Å². The molecule has 1 atom stereocenters. The van der Waals surface area contributed by atoms with Crippen molar-refractivity contribution in [2.45, 2.75) is 12.5 Å². The minimum absolute atomic E-state index is 0.516. The summed E-state index contributed by atoms with van der Waals surface area (Å²) in [5.74, 6) is 0. The van der Waals surface area contributed by atoms with E-state index in [0.717, 1.165) is 24.5 Å². The number of aliphatic hydroxyl groups excluding tert-OH is 1. The van der Waals surface area contributed by atoms with Gasteiger partial charge in [-0.2, -0.15) is 0 Å². The van der Waals surface area contributed by atoms with Crippen LogP contribution in [0.3, 0.4) is 0 Å². The van der Waals surface area contributed by atoms with Gasteiger partial charge in [-0.3, -0.25) is 0 Å². The quantitative estimate of drug-likeness (QED) is 0.699. The topological polar surface area (TPSA) is 20.2 Å². The summed E-state index contributed by atoms with van der Waals surface area (Å²) in [6, 6.07) is 13.8. The summed E-state index contributed by atoms with van der Waals surface area (Å²) in [7, 11) is 0. The molecule has 94 valence electrons. The smallest absolute Gasteiger partial charge is 0.0841 e. The van der Waals surface area contributed by atoms with E-state index in [0.29, 0.717) is 6.42 Å². The second-order valence-corrected chi connectivity index (χ2v) is 6.70. The molecule has 1 N–H and O–H groups in total. The molecule has 0 aromatic heterocycles. The van der Waals surface area contributed by atoms with Crippen LogP contribution >= 0.6 is 47.8 Å². The molecule has 1 unspecified atom stereocenters. The van der Waals surface area contributed by atoms with Crippen molar-refractivity contribution in [2.24, 2.45) is 0 Å². The fourth-order valence-electron chi connectivity index (χ4n) is 1.72. The third-order valence-corrected chi connectivity index (χ3v) is 4.40. The van der Waals surface area contributed by atoms with Gasteiger partial charge >= 0.3 is 0 Å². The van der Waals surface area contributed by atoms with Gasteiger partial charge in [0.1, 0.15) is 0 Å². The Kier molecular flexibility index (Phi) is 5.01. The summed E-state index contributed by atoms with van der Waals surface area (Å²) in [5.41, 5.74) is 2.00. The lowest BCUT2D eigenvalue weighted by Gasteiger charge is -2.13. The fraction of sp³-hybridized carbons (Fsp3) is 0.143. The number of halogens is 3. The summed E-state index contributed by atoms with van der Waals surface area (Å²) >= 11 is 10.3. The molecule has 0 radical (unpaired) electrons. The third-order valence-electron chi connectivity index (χ3n) is 2.66. The van der Waals surface area contributed by atoms with Crippen LogP contribution in [0.2, 0.25) is 0 Å². The summed E-state index contributed by atoms with van der Waals surface area (Å²) < 4.78 is 2.94. The van der Waals surface area contributed by atoms with E-state index in [1.54, 1.807) is 0 Å². The van der Waals surface area contributed by atoms with Gasteiger partial charge in [0.05, 0.1) is 6.10 Å². The van der Waals surface area contributed by atoms with E-state index in [9.17, 15) is 5.11 Å². The number of benzene rings is 2. The molecule has 0 heterocycles. The molecular weight excluding hydrogens is 424 g/mol. The number of rotatable bonds is 3. The first kappa shape index (κ1) is 14.3. The number of hydrogen-bond acceptors (Lipinski definition) is 1. The van der Waals surface area contributed by atoms with Crippen LogP contribution in [-0.4, -0.2) is 5.11 Å². The van der Waals surface area contributed by atoms with Crippen LogP contribution in [0.15, 0.2) is 55.9 Å². The van der Waals surface area contributed by atoms with Gasteiger partial charge in [-0.1, -0.05) is 59.9 Å². The van der Waals surface area contributed by atoms with Crippen molar-refractivity contribution >= 4 is 47.8 Å². The van der Waals surface area contributed by atoms with Gasteiger partial charge in [0.15, 0.2) is 0 Å².